The zero-order valence-corrected chi connectivity index (χ0v) is 11.9. The van der Waals surface area contributed by atoms with Crippen LogP contribution in [0.25, 0.3) is 0 Å². The third kappa shape index (κ3) is 4.38. The van der Waals surface area contributed by atoms with Gasteiger partial charge in [-0.2, -0.15) is 4.98 Å². The first-order chi connectivity index (χ1) is 8.74. The van der Waals surface area contributed by atoms with Crippen LogP contribution < -0.4 is 5.32 Å². The molecule has 0 amide bonds. The van der Waals surface area contributed by atoms with Gasteiger partial charge in [0.05, 0.1) is 0 Å². The van der Waals surface area contributed by atoms with Gasteiger partial charge in [-0.1, -0.05) is 31.8 Å². The van der Waals surface area contributed by atoms with Crippen molar-refractivity contribution >= 4 is 0 Å². The van der Waals surface area contributed by atoms with E-state index >= 15 is 0 Å². The topological polar surface area (TPSA) is 60.2 Å². The molecule has 0 bridgehead atoms. The third-order valence-electron chi connectivity index (χ3n) is 3.07. The van der Waals surface area contributed by atoms with Crippen molar-refractivity contribution in [1.29, 1.82) is 0 Å². The van der Waals surface area contributed by atoms with Crippen LogP contribution >= 0.6 is 0 Å². The van der Waals surface area contributed by atoms with Gasteiger partial charge in [0.25, 0.3) is 0 Å². The maximum absolute atomic E-state index is 5.37. The summed E-state index contributed by atoms with van der Waals surface area (Å²) in [6.45, 7) is 4.29. The highest BCUT2D eigenvalue weighted by Crippen LogP contribution is 2.19. The molecule has 0 aliphatic rings. The van der Waals surface area contributed by atoms with Gasteiger partial charge in [-0.05, 0) is 19.9 Å². The minimum absolute atomic E-state index is 0.0493. The van der Waals surface area contributed by atoms with Crippen LogP contribution in [0.3, 0.4) is 0 Å². The van der Waals surface area contributed by atoms with Crippen LogP contribution in [-0.4, -0.2) is 30.3 Å². The molecule has 0 aliphatic carbocycles. The Hall–Kier alpha value is -0.940. The molecule has 1 N–H and O–H groups in total. The summed E-state index contributed by atoms with van der Waals surface area (Å²) in [6, 6.07) is 0.399. The lowest BCUT2D eigenvalue weighted by molar-refractivity contribution is 0.0854. The number of methoxy groups -OCH3 is 1. The van der Waals surface area contributed by atoms with Gasteiger partial charge >= 0.3 is 0 Å². The highest BCUT2D eigenvalue weighted by Gasteiger charge is 2.18. The molecule has 0 fully saturated rings. The van der Waals surface area contributed by atoms with Crippen LogP contribution in [0.4, 0.5) is 0 Å². The number of aromatic nitrogens is 2. The predicted molar refractivity (Wildman–Crippen MR) is 70.4 cm³/mol. The molecule has 0 aromatic carbocycles. The summed E-state index contributed by atoms with van der Waals surface area (Å²) in [5, 5.41) is 7.28. The largest absolute Gasteiger partial charge is 0.373 e. The number of rotatable bonds is 9. The molecule has 0 saturated heterocycles. The third-order valence-corrected chi connectivity index (χ3v) is 3.07. The number of ether oxygens (including phenoxy) is 1. The molecular weight excluding hydrogens is 230 g/mol. The fourth-order valence-corrected chi connectivity index (χ4v) is 2.00. The fraction of sp³-hybridized carbons (Fsp3) is 0.846. The normalized spacial score (nSPS) is 14.7. The van der Waals surface area contributed by atoms with Gasteiger partial charge < -0.3 is 14.6 Å². The summed E-state index contributed by atoms with van der Waals surface area (Å²) in [5.74, 6) is 1.36. The molecule has 0 saturated carbocycles. The van der Waals surface area contributed by atoms with Gasteiger partial charge in [0.15, 0.2) is 0 Å². The van der Waals surface area contributed by atoms with Gasteiger partial charge in [0.2, 0.25) is 11.7 Å². The van der Waals surface area contributed by atoms with E-state index in [1.807, 2.05) is 7.05 Å². The monoisotopic (exact) mass is 255 g/mol. The summed E-state index contributed by atoms with van der Waals surface area (Å²) < 4.78 is 10.7. The Morgan fingerprint density at radius 2 is 2.00 bits per heavy atom. The highest BCUT2D eigenvalue weighted by atomic mass is 16.5. The van der Waals surface area contributed by atoms with E-state index in [0.29, 0.717) is 17.8 Å². The zero-order valence-electron chi connectivity index (χ0n) is 11.9. The molecule has 0 aliphatic heterocycles. The zero-order chi connectivity index (χ0) is 13.4. The second kappa shape index (κ2) is 8.21. The Morgan fingerprint density at radius 1 is 1.28 bits per heavy atom. The Labute approximate surface area is 109 Å². The van der Waals surface area contributed by atoms with Crippen LogP contribution in [0.15, 0.2) is 4.52 Å². The lowest BCUT2D eigenvalue weighted by atomic mass is 10.1. The quantitative estimate of drug-likeness (QED) is 0.734. The SMILES string of the molecule is CCCC(Cc1nc(C(CCC)OC)no1)NC. The molecule has 5 heteroatoms. The Kier molecular flexibility index (Phi) is 6.90. The van der Waals surface area contributed by atoms with Crippen molar-refractivity contribution < 1.29 is 9.26 Å². The maximum atomic E-state index is 5.37. The predicted octanol–water partition coefficient (Wildman–Crippen LogP) is 2.49. The van der Waals surface area contributed by atoms with Crippen molar-refractivity contribution in [3.05, 3.63) is 11.7 Å². The van der Waals surface area contributed by atoms with E-state index in [2.05, 4.69) is 29.3 Å². The molecule has 104 valence electrons. The second-order valence-corrected chi connectivity index (χ2v) is 4.54. The summed E-state index contributed by atoms with van der Waals surface area (Å²) in [6.07, 6.45) is 4.93. The lowest BCUT2D eigenvalue weighted by Crippen LogP contribution is -2.27. The standard InChI is InChI=1S/C13H25N3O2/c1-5-7-10(14-3)9-12-15-13(16-18-12)11(17-4)8-6-2/h10-11,14H,5-9H2,1-4H3. The van der Waals surface area contributed by atoms with Crippen molar-refractivity contribution in [3.8, 4) is 0 Å². The molecule has 1 heterocycles. The van der Waals surface area contributed by atoms with E-state index in [1.54, 1.807) is 7.11 Å². The molecule has 2 unspecified atom stereocenters. The number of hydrogen-bond acceptors (Lipinski definition) is 5. The van der Waals surface area contributed by atoms with Crippen molar-refractivity contribution in [2.24, 2.45) is 0 Å². The van der Waals surface area contributed by atoms with Gasteiger partial charge in [-0.15, -0.1) is 0 Å². The number of likely N-dealkylation sites (N-methyl/N-ethyl adjacent to an activating group) is 1. The Morgan fingerprint density at radius 3 is 2.56 bits per heavy atom. The first-order valence-corrected chi connectivity index (χ1v) is 6.77. The molecule has 2 atom stereocenters. The smallest absolute Gasteiger partial charge is 0.228 e. The summed E-state index contributed by atoms with van der Waals surface area (Å²) in [4.78, 5) is 4.43. The minimum atomic E-state index is -0.0493. The van der Waals surface area contributed by atoms with Crippen molar-refractivity contribution in [2.75, 3.05) is 14.2 Å². The van der Waals surface area contributed by atoms with E-state index in [9.17, 15) is 0 Å². The van der Waals surface area contributed by atoms with Crippen LogP contribution in [0.1, 0.15) is 57.3 Å². The molecular formula is C13H25N3O2. The molecule has 1 rings (SSSR count). The van der Waals surface area contributed by atoms with Crippen LogP contribution in [0.2, 0.25) is 0 Å². The molecule has 0 radical (unpaired) electrons. The van der Waals surface area contributed by atoms with Crippen molar-refractivity contribution in [1.82, 2.24) is 15.5 Å². The molecule has 0 spiro atoms. The summed E-state index contributed by atoms with van der Waals surface area (Å²) >= 11 is 0. The van der Waals surface area contributed by atoms with E-state index in [-0.39, 0.29) is 6.10 Å². The van der Waals surface area contributed by atoms with E-state index < -0.39 is 0 Å². The molecule has 1 aromatic heterocycles. The van der Waals surface area contributed by atoms with E-state index in [0.717, 1.165) is 32.1 Å². The van der Waals surface area contributed by atoms with Gasteiger partial charge in [-0.3, -0.25) is 0 Å². The van der Waals surface area contributed by atoms with Gasteiger partial charge in [0.1, 0.15) is 6.10 Å². The minimum Gasteiger partial charge on any atom is -0.373 e. The summed E-state index contributed by atoms with van der Waals surface area (Å²) in [7, 11) is 3.65. The number of nitrogens with one attached hydrogen (secondary N) is 1. The van der Waals surface area contributed by atoms with Crippen LogP contribution in [0.5, 0.6) is 0 Å². The average Bonchev–Trinajstić information content (AvgIpc) is 2.83. The van der Waals surface area contributed by atoms with Crippen molar-refractivity contribution in [3.63, 3.8) is 0 Å². The first kappa shape index (κ1) is 15.1. The molecule has 18 heavy (non-hydrogen) atoms. The van der Waals surface area contributed by atoms with Gasteiger partial charge in [-0.25, -0.2) is 0 Å². The summed E-state index contributed by atoms with van der Waals surface area (Å²) in [5.41, 5.74) is 0. The Balaban J connectivity index is 2.61. The van der Waals surface area contributed by atoms with E-state index in [4.69, 9.17) is 9.26 Å². The van der Waals surface area contributed by atoms with Crippen LogP contribution in [0, 0.1) is 0 Å². The fourth-order valence-electron chi connectivity index (χ4n) is 2.00. The number of hydrogen-bond donors (Lipinski definition) is 1. The molecule has 5 nitrogen and oxygen atoms in total. The van der Waals surface area contributed by atoms with Crippen molar-refractivity contribution in [2.45, 2.75) is 58.1 Å². The number of nitrogens with zero attached hydrogens (tertiary/aromatic N) is 2. The first-order valence-electron chi connectivity index (χ1n) is 6.77. The average molecular weight is 255 g/mol. The highest BCUT2D eigenvalue weighted by molar-refractivity contribution is 4.93. The lowest BCUT2D eigenvalue weighted by Gasteiger charge is -2.12. The van der Waals surface area contributed by atoms with E-state index in [1.165, 1.54) is 0 Å². The molecule has 1 aromatic rings. The van der Waals surface area contributed by atoms with Crippen LogP contribution in [-0.2, 0) is 11.2 Å². The maximum Gasteiger partial charge on any atom is 0.228 e. The van der Waals surface area contributed by atoms with Gasteiger partial charge in [0, 0.05) is 19.6 Å². The second-order valence-electron chi connectivity index (χ2n) is 4.54. The Bertz CT molecular complexity index is 328.